The van der Waals surface area contributed by atoms with Crippen LogP contribution in [0.2, 0.25) is 0 Å². The third kappa shape index (κ3) is 6.23. The Balaban J connectivity index is 0.00000137. The molecule has 0 fully saturated rings. The van der Waals surface area contributed by atoms with Gasteiger partial charge in [0.1, 0.15) is 0 Å². The van der Waals surface area contributed by atoms with Crippen LogP contribution in [0.4, 0.5) is 0 Å². The van der Waals surface area contributed by atoms with Gasteiger partial charge in [-0.2, -0.15) is 5.10 Å². The van der Waals surface area contributed by atoms with E-state index in [1.165, 1.54) is 12.0 Å². The van der Waals surface area contributed by atoms with E-state index in [1.807, 2.05) is 20.0 Å². The molecule has 0 saturated heterocycles. The fourth-order valence-electron chi connectivity index (χ4n) is 2.37. The molecule has 0 radical (unpaired) electrons. The Kier molecular flexibility index (Phi) is 7.27. The second-order valence-corrected chi connectivity index (χ2v) is 6.39. The Hall–Kier alpha value is -0.790. The zero-order valence-corrected chi connectivity index (χ0v) is 13.6. The van der Waals surface area contributed by atoms with Gasteiger partial charge in [-0.15, -0.1) is 0 Å². The van der Waals surface area contributed by atoms with Crippen LogP contribution in [0.1, 0.15) is 73.3 Å². The second-order valence-electron chi connectivity index (χ2n) is 6.39. The molecule has 0 aliphatic carbocycles. The molecule has 2 nitrogen and oxygen atoms in total. The number of rotatable bonds is 5. The smallest absolute Gasteiger partial charge is 0.0524 e. The van der Waals surface area contributed by atoms with E-state index in [1.54, 1.807) is 0 Å². The third-order valence-corrected chi connectivity index (χ3v) is 2.87. The van der Waals surface area contributed by atoms with Gasteiger partial charge in [0, 0.05) is 12.7 Å². The van der Waals surface area contributed by atoms with E-state index in [9.17, 15) is 0 Å². The molecule has 2 heteroatoms. The van der Waals surface area contributed by atoms with E-state index in [0.29, 0.717) is 11.3 Å². The summed E-state index contributed by atoms with van der Waals surface area (Å²) < 4.78 is 2.09. The summed E-state index contributed by atoms with van der Waals surface area (Å²) >= 11 is 0. The minimum Gasteiger partial charge on any atom is -0.272 e. The summed E-state index contributed by atoms with van der Waals surface area (Å²) in [5.74, 6) is 1.32. The van der Waals surface area contributed by atoms with Crippen molar-refractivity contribution >= 4 is 0 Å². The summed E-state index contributed by atoms with van der Waals surface area (Å²) in [7, 11) is 0. The second kappa shape index (κ2) is 7.60. The minimum absolute atomic E-state index is 0.328. The lowest BCUT2D eigenvalue weighted by atomic mass is 9.84. The molecule has 0 aliphatic heterocycles. The monoisotopic (exact) mass is 252 g/mol. The lowest BCUT2D eigenvalue weighted by Crippen LogP contribution is -2.22. The highest BCUT2D eigenvalue weighted by Gasteiger charge is 2.20. The van der Waals surface area contributed by atoms with Crippen molar-refractivity contribution in [3.8, 4) is 0 Å². The summed E-state index contributed by atoms with van der Waals surface area (Å²) in [5.41, 5.74) is 1.66. The normalized spacial score (nSPS) is 11.7. The average molecular weight is 252 g/mol. The summed E-state index contributed by atoms with van der Waals surface area (Å²) in [5, 5.41) is 4.45. The molecule has 0 aromatic carbocycles. The zero-order valence-electron chi connectivity index (χ0n) is 13.6. The number of hydrogen-bond acceptors (Lipinski definition) is 1. The van der Waals surface area contributed by atoms with Gasteiger partial charge >= 0.3 is 0 Å². The molecule has 0 atom stereocenters. The molecule has 0 aliphatic rings. The van der Waals surface area contributed by atoms with Crippen LogP contribution in [-0.4, -0.2) is 9.78 Å². The van der Waals surface area contributed by atoms with Crippen molar-refractivity contribution in [3.05, 3.63) is 18.0 Å². The molecular formula is C16H32N2. The van der Waals surface area contributed by atoms with Crippen molar-refractivity contribution in [1.29, 1.82) is 0 Å². The van der Waals surface area contributed by atoms with Crippen molar-refractivity contribution in [2.24, 2.45) is 11.3 Å². The van der Waals surface area contributed by atoms with E-state index in [0.717, 1.165) is 12.5 Å². The molecule has 106 valence electrons. The molecule has 0 N–H and O–H groups in total. The van der Waals surface area contributed by atoms with Crippen LogP contribution >= 0.6 is 0 Å². The standard InChI is InChI=1S/C14H26N2.C2H6/c1-11(2)7-14(5,6)10-16-9-13(8-15-16)12(3)4;1-2/h8-9,11-12H,7,10H2,1-6H3;1-2H3. The predicted octanol–water partition coefficient (Wildman–Crippen LogP) is 5.11. The van der Waals surface area contributed by atoms with Crippen LogP contribution in [0.5, 0.6) is 0 Å². The maximum Gasteiger partial charge on any atom is 0.0524 e. The first-order chi connectivity index (χ1) is 8.30. The van der Waals surface area contributed by atoms with Crippen molar-refractivity contribution in [2.45, 2.75) is 74.3 Å². The first-order valence-electron chi connectivity index (χ1n) is 7.32. The van der Waals surface area contributed by atoms with E-state index >= 15 is 0 Å². The lowest BCUT2D eigenvalue weighted by Gasteiger charge is -2.26. The van der Waals surface area contributed by atoms with Crippen molar-refractivity contribution in [2.75, 3.05) is 0 Å². The van der Waals surface area contributed by atoms with Gasteiger partial charge in [-0.1, -0.05) is 55.4 Å². The molecule has 0 saturated carbocycles. The van der Waals surface area contributed by atoms with Crippen molar-refractivity contribution < 1.29 is 0 Å². The van der Waals surface area contributed by atoms with Crippen LogP contribution in [0, 0.1) is 11.3 Å². The van der Waals surface area contributed by atoms with E-state index in [-0.39, 0.29) is 0 Å². The van der Waals surface area contributed by atoms with Crippen molar-refractivity contribution in [1.82, 2.24) is 9.78 Å². The summed E-state index contributed by atoms with van der Waals surface area (Å²) in [6.45, 7) is 18.6. The van der Waals surface area contributed by atoms with E-state index < -0.39 is 0 Å². The SMILES string of the molecule is CC.CC(C)CC(C)(C)Cn1cc(C(C)C)cn1. The van der Waals surface area contributed by atoms with Crippen LogP contribution in [-0.2, 0) is 6.54 Å². The minimum atomic E-state index is 0.328. The fourth-order valence-corrected chi connectivity index (χ4v) is 2.37. The number of aromatic nitrogens is 2. The summed E-state index contributed by atoms with van der Waals surface area (Å²) in [6.07, 6.45) is 5.42. The van der Waals surface area contributed by atoms with Crippen LogP contribution in [0.15, 0.2) is 12.4 Å². The zero-order chi connectivity index (χ0) is 14.3. The summed E-state index contributed by atoms with van der Waals surface area (Å²) in [6, 6.07) is 0. The Bertz CT molecular complexity index is 322. The van der Waals surface area contributed by atoms with Crippen LogP contribution < -0.4 is 0 Å². The Labute approximate surface area is 114 Å². The maximum atomic E-state index is 4.45. The van der Waals surface area contributed by atoms with Gasteiger partial charge in [-0.05, 0) is 29.2 Å². The highest BCUT2D eigenvalue weighted by Crippen LogP contribution is 2.27. The molecule has 1 heterocycles. The predicted molar refractivity (Wildman–Crippen MR) is 80.9 cm³/mol. The highest BCUT2D eigenvalue weighted by atomic mass is 15.3. The molecule has 0 bridgehead atoms. The van der Waals surface area contributed by atoms with Gasteiger partial charge < -0.3 is 0 Å². The van der Waals surface area contributed by atoms with Gasteiger partial charge in [-0.25, -0.2) is 0 Å². The van der Waals surface area contributed by atoms with E-state index in [4.69, 9.17) is 0 Å². The molecule has 18 heavy (non-hydrogen) atoms. The molecule has 1 rings (SSSR count). The first kappa shape index (κ1) is 17.2. The first-order valence-corrected chi connectivity index (χ1v) is 7.32. The van der Waals surface area contributed by atoms with Gasteiger partial charge in [0.15, 0.2) is 0 Å². The van der Waals surface area contributed by atoms with Gasteiger partial charge in [0.05, 0.1) is 6.20 Å². The fraction of sp³-hybridized carbons (Fsp3) is 0.812. The molecule has 1 aromatic rings. The molecule has 0 amide bonds. The third-order valence-electron chi connectivity index (χ3n) is 2.87. The van der Waals surface area contributed by atoms with Crippen LogP contribution in [0.3, 0.4) is 0 Å². The van der Waals surface area contributed by atoms with Gasteiger partial charge in [0.2, 0.25) is 0 Å². The Morgan fingerprint density at radius 3 is 2.11 bits per heavy atom. The quantitative estimate of drug-likeness (QED) is 0.712. The topological polar surface area (TPSA) is 17.8 Å². The van der Waals surface area contributed by atoms with Gasteiger partial charge in [-0.3, -0.25) is 4.68 Å². The van der Waals surface area contributed by atoms with Crippen LogP contribution in [0.25, 0.3) is 0 Å². The maximum absolute atomic E-state index is 4.45. The molecule has 0 unspecified atom stereocenters. The number of nitrogens with zero attached hydrogens (tertiary/aromatic N) is 2. The molecule has 0 spiro atoms. The van der Waals surface area contributed by atoms with Gasteiger partial charge in [0.25, 0.3) is 0 Å². The lowest BCUT2D eigenvalue weighted by molar-refractivity contribution is 0.235. The molecular weight excluding hydrogens is 220 g/mol. The summed E-state index contributed by atoms with van der Waals surface area (Å²) in [4.78, 5) is 0. The average Bonchev–Trinajstić information content (AvgIpc) is 2.66. The highest BCUT2D eigenvalue weighted by molar-refractivity contribution is 5.08. The van der Waals surface area contributed by atoms with Crippen molar-refractivity contribution in [3.63, 3.8) is 0 Å². The van der Waals surface area contributed by atoms with E-state index in [2.05, 4.69) is 57.5 Å². The number of hydrogen-bond donors (Lipinski definition) is 0. The Morgan fingerprint density at radius 1 is 1.17 bits per heavy atom. The molecule has 1 aromatic heterocycles. The largest absolute Gasteiger partial charge is 0.272 e. The Morgan fingerprint density at radius 2 is 1.72 bits per heavy atom.